The lowest BCUT2D eigenvalue weighted by Gasteiger charge is -2.31. The number of thiocarbonyl (C=S) groups is 1. The number of carbonyl (C=O) groups is 3. The minimum absolute atomic E-state index is 0.0188. The Labute approximate surface area is 175 Å². The summed E-state index contributed by atoms with van der Waals surface area (Å²) in [6.45, 7) is -0.271. The zero-order chi connectivity index (χ0) is 20.3. The number of nitrogens with zero attached hydrogens (tertiary/aromatic N) is 2. The van der Waals surface area contributed by atoms with E-state index in [1.54, 1.807) is 12.1 Å². The lowest BCUT2D eigenvalue weighted by atomic mass is 10.1. The molecule has 2 rings (SSSR count). The van der Waals surface area contributed by atoms with E-state index < -0.39 is 17.8 Å². The summed E-state index contributed by atoms with van der Waals surface area (Å²) < 4.78 is 15.9. The van der Waals surface area contributed by atoms with E-state index in [1.807, 2.05) is 22.6 Å². The van der Waals surface area contributed by atoms with Crippen LogP contribution in [-0.4, -0.2) is 67.6 Å². The Kier molecular flexibility index (Phi) is 6.76. The monoisotopic (exact) mass is 504 g/mol. The predicted molar refractivity (Wildman–Crippen MR) is 109 cm³/mol. The molecule has 144 valence electrons. The molecule has 0 aromatic heterocycles. The zero-order valence-electron chi connectivity index (χ0n) is 15.1. The summed E-state index contributed by atoms with van der Waals surface area (Å²) in [5.41, 5.74) is 0.544. The van der Waals surface area contributed by atoms with Gasteiger partial charge in [0.25, 0.3) is 11.8 Å². The van der Waals surface area contributed by atoms with Gasteiger partial charge < -0.3 is 14.2 Å². The van der Waals surface area contributed by atoms with Crippen LogP contribution in [0.1, 0.15) is 5.56 Å². The average molecular weight is 504 g/mol. The van der Waals surface area contributed by atoms with Crippen LogP contribution in [0.5, 0.6) is 11.5 Å². The van der Waals surface area contributed by atoms with Crippen LogP contribution in [0.4, 0.5) is 0 Å². The summed E-state index contributed by atoms with van der Waals surface area (Å²) in [7, 11) is 5.73. The van der Waals surface area contributed by atoms with Crippen LogP contribution >= 0.6 is 34.8 Å². The third kappa shape index (κ3) is 4.38. The van der Waals surface area contributed by atoms with Crippen LogP contribution < -0.4 is 9.47 Å². The van der Waals surface area contributed by atoms with Gasteiger partial charge in [0.15, 0.2) is 23.2 Å². The maximum absolute atomic E-state index is 12.4. The van der Waals surface area contributed by atoms with Crippen molar-refractivity contribution < 1.29 is 28.6 Å². The molecule has 1 aliphatic rings. The third-order valence-corrected chi connectivity index (χ3v) is 5.12. The highest BCUT2D eigenvalue weighted by molar-refractivity contribution is 14.1. The molecule has 27 heavy (non-hydrogen) atoms. The first-order valence-corrected chi connectivity index (χ1v) is 9.08. The van der Waals surface area contributed by atoms with Gasteiger partial charge in [-0.15, -0.1) is 0 Å². The number of carbonyl (C=O) groups excluding carboxylic acids is 3. The molecule has 0 saturated carbocycles. The Morgan fingerprint density at radius 3 is 2.30 bits per heavy atom. The topological polar surface area (TPSA) is 85.4 Å². The fourth-order valence-electron chi connectivity index (χ4n) is 2.29. The molecule has 1 saturated heterocycles. The highest BCUT2D eigenvalue weighted by atomic mass is 127. The van der Waals surface area contributed by atoms with Crippen LogP contribution in [0.25, 0.3) is 6.08 Å². The Morgan fingerprint density at radius 1 is 1.19 bits per heavy atom. The fourth-order valence-corrected chi connectivity index (χ4v) is 3.24. The van der Waals surface area contributed by atoms with Gasteiger partial charge in [-0.2, -0.15) is 0 Å². The molecule has 0 unspecified atom stereocenters. The Hall–Kier alpha value is -2.21. The Balaban J connectivity index is 2.41. The van der Waals surface area contributed by atoms with Crippen LogP contribution in [0, 0.1) is 3.57 Å². The smallest absolute Gasteiger partial charge is 0.343 e. The highest BCUT2D eigenvalue weighted by Gasteiger charge is 2.35. The summed E-state index contributed by atoms with van der Waals surface area (Å²) in [6, 6.07) is 3.31. The maximum atomic E-state index is 12.4. The molecule has 0 N–H and O–H groups in total. The summed E-state index contributed by atoms with van der Waals surface area (Å²) in [5, 5.41) is 0.140. The number of ether oxygens (including phenoxy) is 3. The van der Waals surface area contributed by atoms with Gasteiger partial charge in [0.05, 0.1) is 17.8 Å². The number of methoxy groups -OCH3 is 2. The molecule has 0 atom stereocenters. The van der Waals surface area contributed by atoms with Gasteiger partial charge >= 0.3 is 5.97 Å². The minimum Gasteiger partial charge on any atom is -0.493 e. The van der Waals surface area contributed by atoms with E-state index in [-0.39, 0.29) is 17.3 Å². The van der Waals surface area contributed by atoms with E-state index in [1.165, 1.54) is 44.2 Å². The SMILES string of the molecule is COC(=O)COc1c(I)cc(C=C2C(=O)N(C)C(=S)N(C)C2=O)cc1OC. The van der Waals surface area contributed by atoms with Crippen molar-refractivity contribution in [3.05, 3.63) is 26.8 Å². The van der Waals surface area contributed by atoms with Crippen LogP contribution in [0.3, 0.4) is 0 Å². The molecule has 8 nitrogen and oxygen atoms in total. The number of halogens is 1. The summed E-state index contributed by atoms with van der Waals surface area (Å²) >= 11 is 7.08. The molecule has 0 spiro atoms. The number of likely N-dealkylation sites (N-methyl/N-ethyl adjacent to an activating group) is 2. The second kappa shape index (κ2) is 8.65. The molecular weight excluding hydrogens is 487 g/mol. The van der Waals surface area contributed by atoms with Gasteiger partial charge in [-0.1, -0.05) is 0 Å². The highest BCUT2D eigenvalue weighted by Crippen LogP contribution is 2.35. The quantitative estimate of drug-likeness (QED) is 0.197. The largest absolute Gasteiger partial charge is 0.493 e. The third-order valence-electron chi connectivity index (χ3n) is 3.77. The lowest BCUT2D eigenvalue weighted by molar-refractivity contribution is -0.143. The molecule has 1 aromatic rings. The second-order valence-corrected chi connectivity index (χ2v) is 7.00. The number of hydrogen-bond donors (Lipinski definition) is 0. The lowest BCUT2D eigenvalue weighted by Crippen LogP contribution is -2.52. The second-order valence-electron chi connectivity index (χ2n) is 5.47. The molecule has 0 bridgehead atoms. The first-order valence-electron chi connectivity index (χ1n) is 7.60. The fraction of sp³-hybridized carbons (Fsp3) is 0.294. The van der Waals surface area contributed by atoms with Crippen molar-refractivity contribution in [3.8, 4) is 11.5 Å². The molecule has 0 aliphatic carbocycles. The van der Waals surface area contributed by atoms with E-state index in [9.17, 15) is 14.4 Å². The Morgan fingerprint density at radius 2 is 1.78 bits per heavy atom. The van der Waals surface area contributed by atoms with Gasteiger partial charge in [-0.05, 0) is 58.6 Å². The van der Waals surface area contributed by atoms with Crippen molar-refractivity contribution in [1.29, 1.82) is 0 Å². The number of amides is 2. The molecule has 1 aliphatic heterocycles. The average Bonchev–Trinajstić information content (AvgIpc) is 2.66. The summed E-state index contributed by atoms with van der Waals surface area (Å²) in [6.07, 6.45) is 1.47. The van der Waals surface area contributed by atoms with Gasteiger partial charge in [0.2, 0.25) is 0 Å². The van der Waals surface area contributed by atoms with Crippen molar-refractivity contribution in [1.82, 2.24) is 9.80 Å². The van der Waals surface area contributed by atoms with Crippen LogP contribution in [0.15, 0.2) is 17.7 Å². The number of rotatable bonds is 5. The number of benzene rings is 1. The van der Waals surface area contributed by atoms with Crippen molar-refractivity contribution >= 4 is 63.8 Å². The molecule has 10 heteroatoms. The standard InChI is InChI=1S/C17H17IN2O6S/c1-19-15(22)10(16(23)20(2)17(19)27)5-9-6-11(18)14(12(7-9)24-3)26-8-13(21)25-4/h5-7H,8H2,1-4H3. The number of esters is 1. The van der Waals surface area contributed by atoms with E-state index in [0.717, 1.165) is 0 Å². The molecule has 1 aromatic carbocycles. The number of hydrogen-bond acceptors (Lipinski definition) is 7. The summed E-state index contributed by atoms with van der Waals surface area (Å²) in [5.74, 6) is -0.779. The van der Waals surface area contributed by atoms with Crippen molar-refractivity contribution in [3.63, 3.8) is 0 Å². The Bertz CT molecular complexity index is 828. The molecule has 1 fully saturated rings. The van der Waals surface area contributed by atoms with Crippen molar-refractivity contribution in [2.24, 2.45) is 0 Å². The van der Waals surface area contributed by atoms with Crippen LogP contribution in [0.2, 0.25) is 0 Å². The van der Waals surface area contributed by atoms with Gasteiger partial charge in [0.1, 0.15) is 5.57 Å². The summed E-state index contributed by atoms with van der Waals surface area (Å²) in [4.78, 5) is 38.6. The van der Waals surface area contributed by atoms with Crippen LogP contribution in [-0.2, 0) is 19.1 Å². The predicted octanol–water partition coefficient (Wildman–Crippen LogP) is 1.45. The minimum atomic E-state index is -0.528. The van der Waals surface area contributed by atoms with E-state index in [4.69, 9.17) is 21.7 Å². The first kappa shape index (κ1) is 21.1. The van der Waals surface area contributed by atoms with Crippen molar-refractivity contribution in [2.75, 3.05) is 34.9 Å². The first-order chi connectivity index (χ1) is 12.7. The molecule has 2 amide bonds. The zero-order valence-corrected chi connectivity index (χ0v) is 18.0. The normalized spacial score (nSPS) is 14.4. The van der Waals surface area contributed by atoms with E-state index in [2.05, 4.69) is 4.74 Å². The maximum Gasteiger partial charge on any atom is 0.343 e. The van der Waals surface area contributed by atoms with E-state index >= 15 is 0 Å². The molecule has 1 heterocycles. The van der Waals surface area contributed by atoms with Crippen molar-refractivity contribution in [2.45, 2.75) is 0 Å². The van der Waals surface area contributed by atoms with E-state index in [0.29, 0.717) is 20.6 Å². The van der Waals surface area contributed by atoms with Gasteiger partial charge in [-0.3, -0.25) is 19.4 Å². The van der Waals surface area contributed by atoms with Gasteiger partial charge in [0, 0.05) is 14.1 Å². The molecular formula is C17H17IN2O6S. The van der Waals surface area contributed by atoms with Gasteiger partial charge in [-0.25, -0.2) is 4.79 Å². The molecule has 0 radical (unpaired) electrons.